The Hall–Kier alpha value is -2.00. The average Bonchev–Trinajstić information content (AvgIpc) is 2.75. The van der Waals surface area contributed by atoms with Crippen LogP contribution in [0, 0.1) is 0 Å². The van der Waals surface area contributed by atoms with Crippen LogP contribution in [-0.2, 0) is 0 Å². The van der Waals surface area contributed by atoms with Crippen LogP contribution < -0.4 is 5.56 Å². The fourth-order valence-corrected chi connectivity index (χ4v) is 1.94. The summed E-state index contributed by atoms with van der Waals surface area (Å²) in [6.07, 6.45) is 1.79. The van der Waals surface area contributed by atoms with Crippen molar-refractivity contribution in [2.75, 3.05) is 0 Å². The van der Waals surface area contributed by atoms with Gasteiger partial charge in [0.05, 0.1) is 5.69 Å². The van der Waals surface area contributed by atoms with E-state index < -0.39 is 0 Å². The first kappa shape index (κ1) is 10.2. The van der Waals surface area contributed by atoms with E-state index in [1.165, 1.54) is 6.07 Å². The Morgan fingerprint density at radius 3 is 2.53 bits per heavy atom. The maximum atomic E-state index is 11.6. The number of imidazole rings is 1. The minimum atomic E-state index is -0.0426. The smallest absolute Gasteiger partial charge is 0.256 e. The molecule has 3 nitrogen and oxygen atoms in total. The molecular weight excluding hydrogens is 236 g/mol. The molecule has 0 aliphatic carbocycles. The molecule has 0 aliphatic heterocycles. The third kappa shape index (κ3) is 1.74. The molecule has 1 aromatic carbocycles. The normalized spacial score (nSPS) is 10.9. The van der Waals surface area contributed by atoms with Gasteiger partial charge in [0.15, 0.2) is 0 Å². The molecule has 0 radical (unpaired) electrons. The first-order valence-corrected chi connectivity index (χ1v) is 5.58. The van der Waals surface area contributed by atoms with Crippen molar-refractivity contribution in [2.24, 2.45) is 0 Å². The number of pyridine rings is 1. The Kier molecular flexibility index (Phi) is 2.27. The van der Waals surface area contributed by atoms with Crippen molar-refractivity contribution in [1.82, 2.24) is 9.38 Å². The number of aromatic amines is 1. The van der Waals surface area contributed by atoms with E-state index in [0.29, 0.717) is 5.02 Å². The third-order valence-electron chi connectivity index (χ3n) is 2.67. The van der Waals surface area contributed by atoms with Gasteiger partial charge in [0.1, 0.15) is 5.65 Å². The highest BCUT2D eigenvalue weighted by Crippen LogP contribution is 2.20. The van der Waals surface area contributed by atoms with Crippen molar-refractivity contribution < 1.29 is 0 Å². The third-order valence-corrected chi connectivity index (χ3v) is 2.92. The van der Waals surface area contributed by atoms with Gasteiger partial charge in [-0.1, -0.05) is 29.8 Å². The Morgan fingerprint density at radius 1 is 1.06 bits per heavy atom. The number of nitrogens with zero attached hydrogens (tertiary/aromatic N) is 1. The van der Waals surface area contributed by atoms with E-state index in [2.05, 4.69) is 4.98 Å². The van der Waals surface area contributed by atoms with Gasteiger partial charge < -0.3 is 4.98 Å². The number of nitrogens with one attached hydrogen (secondary N) is 1. The lowest BCUT2D eigenvalue weighted by atomic mass is 10.2. The molecule has 84 valence electrons. The van der Waals surface area contributed by atoms with Crippen LogP contribution in [0.2, 0.25) is 5.02 Å². The van der Waals surface area contributed by atoms with Gasteiger partial charge in [-0.3, -0.25) is 9.20 Å². The Labute approximate surface area is 102 Å². The zero-order valence-electron chi connectivity index (χ0n) is 8.85. The molecule has 0 fully saturated rings. The van der Waals surface area contributed by atoms with Crippen LogP contribution in [-0.4, -0.2) is 9.38 Å². The quantitative estimate of drug-likeness (QED) is 0.702. The Morgan fingerprint density at radius 2 is 1.82 bits per heavy atom. The molecule has 0 saturated carbocycles. The second-order valence-electron chi connectivity index (χ2n) is 3.79. The highest BCUT2D eigenvalue weighted by molar-refractivity contribution is 6.30. The minimum Gasteiger partial charge on any atom is -0.340 e. The number of benzene rings is 1. The summed E-state index contributed by atoms with van der Waals surface area (Å²) in [4.78, 5) is 14.8. The first-order chi connectivity index (χ1) is 8.24. The number of aromatic nitrogens is 2. The molecule has 17 heavy (non-hydrogen) atoms. The SMILES string of the molecule is O=c1cccc2[nH]c(-c3ccc(Cl)cc3)cn12. The van der Waals surface area contributed by atoms with Gasteiger partial charge in [-0.05, 0) is 23.8 Å². The second kappa shape index (κ2) is 3.79. The lowest BCUT2D eigenvalue weighted by Crippen LogP contribution is -2.08. The summed E-state index contributed by atoms with van der Waals surface area (Å²) in [5, 5.41) is 0.696. The molecule has 4 heteroatoms. The van der Waals surface area contributed by atoms with Crippen molar-refractivity contribution in [3.63, 3.8) is 0 Å². The van der Waals surface area contributed by atoms with E-state index in [1.807, 2.05) is 30.3 Å². The van der Waals surface area contributed by atoms with Crippen LogP contribution in [0.15, 0.2) is 53.5 Å². The fourth-order valence-electron chi connectivity index (χ4n) is 1.81. The predicted octanol–water partition coefficient (Wildman–Crippen LogP) is 2.95. The van der Waals surface area contributed by atoms with Crippen molar-refractivity contribution in [1.29, 1.82) is 0 Å². The summed E-state index contributed by atoms with van der Waals surface area (Å²) in [6.45, 7) is 0. The number of halogens is 1. The van der Waals surface area contributed by atoms with Crippen LogP contribution in [0.3, 0.4) is 0 Å². The molecule has 0 saturated heterocycles. The number of H-pyrrole nitrogens is 1. The predicted molar refractivity (Wildman–Crippen MR) is 68.5 cm³/mol. The molecule has 0 atom stereocenters. The zero-order chi connectivity index (χ0) is 11.8. The minimum absolute atomic E-state index is 0.0426. The molecule has 0 bridgehead atoms. The molecule has 3 aromatic rings. The molecular formula is C13H9ClN2O. The number of hydrogen-bond acceptors (Lipinski definition) is 1. The van der Waals surface area contributed by atoms with E-state index in [9.17, 15) is 4.79 Å². The van der Waals surface area contributed by atoms with Gasteiger partial charge in [0.25, 0.3) is 5.56 Å². The molecule has 2 heterocycles. The summed E-state index contributed by atoms with van der Waals surface area (Å²) in [7, 11) is 0. The lowest BCUT2D eigenvalue weighted by Gasteiger charge is -1.96. The van der Waals surface area contributed by atoms with Gasteiger partial charge in [-0.25, -0.2) is 0 Å². The van der Waals surface area contributed by atoms with Crippen molar-refractivity contribution in [2.45, 2.75) is 0 Å². The number of rotatable bonds is 1. The standard InChI is InChI=1S/C13H9ClN2O/c14-10-6-4-9(5-7-10)11-8-16-12(15-11)2-1-3-13(16)17/h1-8,15H. The van der Waals surface area contributed by atoms with Gasteiger partial charge in [0.2, 0.25) is 0 Å². The maximum Gasteiger partial charge on any atom is 0.256 e. The summed E-state index contributed by atoms with van der Waals surface area (Å²) in [5.74, 6) is 0. The largest absolute Gasteiger partial charge is 0.340 e. The number of fused-ring (bicyclic) bond motifs is 1. The molecule has 3 rings (SSSR count). The highest BCUT2D eigenvalue weighted by atomic mass is 35.5. The Bertz CT molecular complexity index is 725. The molecule has 0 amide bonds. The topological polar surface area (TPSA) is 37.3 Å². The molecule has 2 aromatic heterocycles. The highest BCUT2D eigenvalue weighted by Gasteiger charge is 2.03. The summed E-state index contributed by atoms with van der Waals surface area (Å²) in [6, 6.07) is 12.6. The summed E-state index contributed by atoms with van der Waals surface area (Å²) in [5.41, 5.74) is 2.63. The van der Waals surface area contributed by atoms with E-state index in [1.54, 1.807) is 16.7 Å². The van der Waals surface area contributed by atoms with Crippen molar-refractivity contribution in [3.8, 4) is 11.3 Å². The van der Waals surface area contributed by atoms with E-state index >= 15 is 0 Å². The molecule has 1 N–H and O–H groups in total. The van der Waals surface area contributed by atoms with E-state index in [4.69, 9.17) is 11.6 Å². The zero-order valence-corrected chi connectivity index (χ0v) is 9.61. The maximum absolute atomic E-state index is 11.6. The van der Waals surface area contributed by atoms with E-state index in [0.717, 1.165) is 16.9 Å². The summed E-state index contributed by atoms with van der Waals surface area (Å²) < 4.78 is 1.59. The van der Waals surface area contributed by atoms with Crippen LogP contribution in [0.25, 0.3) is 16.9 Å². The second-order valence-corrected chi connectivity index (χ2v) is 4.23. The van der Waals surface area contributed by atoms with Crippen LogP contribution >= 0.6 is 11.6 Å². The molecule has 0 aliphatic rings. The van der Waals surface area contributed by atoms with Gasteiger partial charge in [-0.2, -0.15) is 0 Å². The van der Waals surface area contributed by atoms with Gasteiger partial charge in [0, 0.05) is 17.3 Å². The molecule has 0 unspecified atom stereocenters. The van der Waals surface area contributed by atoms with Gasteiger partial charge in [-0.15, -0.1) is 0 Å². The van der Waals surface area contributed by atoms with Crippen molar-refractivity contribution in [3.05, 3.63) is 64.0 Å². The monoisotopic (exact) mass is 244 g/mol. The fraction of sp³-hybridized carbons (Fsp3) is 0. The summed E-state index contributed by atoms with van der Waals surface area (Å²) >= 11 is 5.84. The van der Waals surface area contributed by atoms with Crippen LogP contribution in [0.4, 0.5) is 0 Å². The van der Waals surface area contributed by atoms with Crippen molar-refractivity contribution >= 4 is 17.2 Å². The van der Waals surface area contributed by atoms with Crippen LogP contribution in [0.1, 0.15) is 0 Å². The Balaban J connectivity index is 2.21. The lowest BCUT2D eigenvalue weighted by molar-refractivity contribution is 1.11. The average molecular weight is 245 g/mol. The number of hydrogen-bond donors (Lipinski definition) is 1. The van der Waals surface area contributed by atoms with Gasteiger partial charge >= 0.3 is 0 Å². The first-order valence-electron chi connectivity index (χ1n) is 5.20. The molecule has 0 spiro atoms. The van der Waals surface area contributed by atoms with Crippen LogP contribution in [0.5, 0.6) is 0 Å². The van der Waals surface area contributed by atoms with E-state index in [-0.39, 0.29) is 5.56 Å².